The van der Waals surface area contributed by atoms with E-state index in [0.29, 0.717) is 0 Å². The van der Waals surface area contributed by atoms with E-state index in [1.54, 1.807) is 11.3 Å². The van der Waals surface area contributed by atoms with Crippen LogP contribution in [0.2, 0.25) is 0 Å². The maximum atomic E-state index is 4.47. The number of hydrogen-bond acceptors (Lipinski definition) is 3. The fourth-order valence-corrected chi connectivity index (χ4v) is 3.09. The largest absolute Gasteiger partial charge is 0.230 e. The summed E-state index contributed by atoms with van der Waals surface area (Å²) in [7, 11) is 0. The molecule has 0 N–H and O–H groups in total. The molecule has 0 atom stereocenters. The van der Waals surface area contributed by atoms with Gasteiger partial charge in [0.2, 0.25) is 0 Å². The third kappa shape index (κ3) is 1.89. The molecule has 2 rings (SSSR count). The quantitative estimate of drug-likeness (QED) is 0.742. The Kier molecular flexibility index (Phi) is 3.08. The van der Waals surface area contributed by atoms with E-state index in [1.807, 2.05) is 5.38 Å². The molecule has 0 aliphatic carbocycles. The zero-order valence-electron chi connectivity index (χ0n) is 9.96. The van der Waals surface area contributed by atoms with Crippen LogP contribution in [0.25, 0.3) is 10.6 Å². The van der Waals surface area contributed by atoms with Crippen LogP contribution in [0.5, 0.6) is 0 Å². The Morgan fingerprint density at radius 1 is 1.06 bits per heavy atom. The van der Waals surface area contributed by atoms with Gasteiger partial charge in [0, 0.05) is 10.9 Å². The van der Waals surface area contributed by atoms with Crippen LogP contribution in [0.1, 0.15) is 22.3 Å². The third-order valence-electron chi connectivity index (χ3n) is 3.07. The van der Waals surface area contributed by atoms with Crippen molar-refractivity contribution in [2.24, 2.45) is 0 Å². The molecular formula is C13H15NS2. The van der Waals surface area contributed by atoms with Gasteiger partial charge in [0.25, 0.3) is 0 Å². The standard InChI is InChI=1S/C13H15NS2/c1-7-5-8(2)10(4)12(9(7)3)13-14-11(15)6-16-13/h5-6,15H,1-4H3. The predicted molar refractivity (Wildman–Crippen MR) is 73.8 cm³/mol. The van der Waals surface area contributed by atoms with Gasteiger partial charge in [-0.25, -0.2) is 4.98 Å². The second-order valence-corrected chi connectivity index (χ2v) is 5.46. The van der Waals surface area contributed by atoms with Crippen LogP contribution in [0.15, 0.2) is 16.5 Å². The Labute approximate surface area is 106 Å². The first-order valence-corrected chi connectivity index (χ1v) is 6.55. The average Bonchev–Trinajstić information content (AvgIpc) is 2.62. The van der Waals surface area contributed by atoms with Gasteiger partial charge in [-0.1, -0.05) is 6.07 Å². The van der Waals surface area contributed by atoms with Gasteiger partial charge in [-0.05, 0) is 49.9 Å². The Morgan fingerprint density at radius 2 is 1.62 bits per heavy atom. The SMILES string of the molecule is Cc1cc(C)c(C)c(-c2nc(S)cs2)c1C. The first-order valence-electron chi connectivity index (χ1n) is 5.23. The topological polar surface area (TPSA) is 12.9 Å². The molecule has 0 radical (unpaired) electrons. The van der Waals surface area contributed by atoms with Gasteiger partial charge in [0.05, 0.1) is 0 Å². The Balaban J connectivity index is 2.73. The summed E-state index contributed by atoms with van der Waals surface area (Å²) >= 11 is 5.94. The number of aryl methyl sites for hydroxylation is 2. The molecule has 1 aromatic carbocycles. The van der Waals surface area contributed by atoms with E-state index in [0.717, 1.165) is 10.0 Å². The molecule has 0 amide bonds. The van der Waals surface area contributed by atoms with E-state index in [2.05, 4.69) is 51.4 Å². The number of thiol groups is 1. The minimum absolute atomic E-state index is 0.804. The molecule has 0 aliphatic rings. The molecular weight excluding hydrogens is 234 g/mol. The summed E-state index contributed by atoms with van der Waals surface area (Å²) in [5, 5.41) is 3.86. The highest BCUT2D eigenvalue weighted by atomic mass is 32.1. The van der Waals surface area contributed by atoms with Crippen LogP contribution >= 0.6 is 24.0 Å². The molecule has 1 aromatic heterocycles. The maximum Gasteiger partial charge on any atom is 0.125 e. The normalized spacial score (nSPS) is 10.8. The fourth-order valence-electron chi connectivity index (χ4n) is 1.92. The molecule has 2 aromatic rings. The first-order chi connectivity index (χ1) is 7.50. The third-order valence-corrected chi connectivity index (χ3v) is 4.34. The number of rotatable bonds is 1. The van der Waals surface area contributed by atoms with Gasteiger partial charge in [-0.3, -0.25) is 0 Å². The van der Waals surface area contributed by atoms with Crippen molar-refractivity contribution in [3.63, 3.8) is 0 Å². The van der Waals surface area contributed by atoms with Gasteiger partial charge in [0.1, 0.15) is 10.0 Å². The summed E-state index contributed by atoms with van der Waals surface area (Å²) in [5.74, 6) is 0. The van der Waals surface area contributed by atoms with E-state index in [4.69, 9.17) is 0 Å². The van der Waals surface area contributed by atoms with Gasteiger partial charge in [-0.2, -0.15) is 0 Å². The molecule has 0 aliphatic heterocycles. The number of benzene rings is 1. The lowest BCUT2D eigenvalue weighted by atomic mass is 9.95. The molecule has 16 heavy (non-hydrogen) atoms. The van der Waals surface area contributed by atoms with Crippen molar-refractivity contribution in [3.05, 3.63) is 33.7 Å². The lowest BCUT2D eigenvalue weighted by molar-refractivity contribution is 1.18. The highest BCUT2D eigenvalue weighted by Crippen LogP contribution is 2.33. The molecule has 0 spiro atoms. The summed E-state index contributed by atoms with van der Waals surface area (Å²) in [6.07, 6.45) is 0. The van der Waals surface area contributed by atoms with Crippen LogP contribution in [0, 0.1) is 27.7 Å². The lowest BCUT2D eigenvalue weighted by Gasteiger charge is -2.13. The van der Waals surface area contributed by atoms with Crippen LogP contribution in [-0.4, -0.2) is 4.98 Å². The van der Waals surface area contributed by atoms with E-state index in [1.165, 1.54) is 27.8 Å². The molecule has 84 valence electrons. The van der Waals surface area contributed by atoms with Gasteiger partial charge < -0.3 is 0 Å². The van der Waals surface area contributed by atoms with Gasteiger partial charge in [-0.15, -0.1) is 24.0 Å². The second kappa shape index (κ2) is 4.22. The molecule has 0 bridgehead atoms. The molecule has 0 fully saturated rings. The minimum atomic E-state index is 0.804. The highest BCUT2D eigenvalue weighted by molar-refractivity contribution is 7.80. The molecule has 0 unspecified atom stereocenters. The fraction of sp³-hybridized carbons (Fsp3) is 0.308. The van der Waals surface area contributed by atoms with Crippen molar-refractivity contribution in [1.82, 2.24) is 4.98 Å². The van der Waals surface area contributed by atoms with E-state index in [9.17, 15) is 0 Å². The number of hydrogen-bond donors (Lipinski definition) is 1. The van der Waals surface area contributed by atoms with E-state index >= 15 is 0 Å². The highest BCUT2D eigenvalue weighted by Gasteiger charge is 2.13. The summed E-state index contributed by atoms with van der Waals surface area (Å²) in [6.45, 7) is 8.63. The summed E-state index contributed by atoms with van der Waals surface area (Å²) in [6, 6.07) is 2.24. The van der Waals surface area contributed by atoms with Crippen molar-refractivity contribution in [3.8, 4) is 10.6 Å². The summed E-state index contributed by atoms with van der Waals surface area (Å²) in [4.78, 5) is 4.47. The lowest BCUT2D eigenvalue weighted by Crippen LogP contribution is -1.94. The first kappa shape index (κ1) is 11.7. The molecule has 0 saturated carbocycles. The monoisotopic (exact) mass is 249 g/mol. The summed E-state index contributed by atoms with van der Waals surface area (Å²) < 4.78 is 0. The van der Waals surface area contributed by atoms with E-state index in [-0.39, 0.29) is 0 Å². The van der Waals surface area contributed by atoms with Crippen LogP contribution in [0.3, 0.4) is 0 Å². The zero-order chi connectivity index (χ0) is 11.9. The predicted octanol–water partition coefficient (Wildman–Crippen LogP) is 4.33. The Hall–Kier alpha value is -0.800. The molecule has 3 heteroatoms. The number of thiazole rings is 1. The van der Waals surface area contributed by atoms with Gasteiger partial charge in [0.15, 0.2) is 0 Å². The van der Waals surface area contributed by atoms with E-state index < -0.39 is 0 Å². The van der Waals surface area contributed by atoms with Crippen LogP contribution < -0.4 is 0 Å². The van der Waals surface area contributed by atoms with Gasteiger partial charge >= 0.3 is 0 Å². The number of nitrogens with zero attached hydrogens (tertiary/aromatic N) is 1. The summed E-state index contributed by atoms with van der Waals surface area (Å²) in [5.41, 5.74) is 6.59. The molecule has 1 heterocycles. The second-order valence-electron chi connectivity index (χ2n) is 4.15. The maximum absolute atomic E-state index is 4.47. The molecule has 0 saturated heterocycles. The Morgan fingerprint density at radius 3 is 2.06 bits per heavy atom. The number of aromatic nitrogens is 1. The zero-order valence-corrected chi connectivity index (χ0v) is 11.7. The van der Waals surface area contributed by atoms with Crippen molar-refractivity contribution < 1.29 is 0 Å². The van der Waals surface area contributed by atoms with Crippen molar-refractivity contribution in [2.45, 2.75) is 32.7 Å². The van der Waals surface area contributed by atoms with Crippen molar-refractivity contribution in [1.29, 1.82) is 0 Å². The van der Waals surface area contributed by atoms with Crippen molar-refractivity contribution >= 4 is 24.0 Å². The van der Waals surface area contributed by atoms with Crippen LogP contribution in [0.4, 0.5) is 0 Å². The van der Waals surface area contributed by atoms with Crippen molar-refractivity contribution in [2.75, 3.05) is 0 Å². The molecule has 1 nitrogen and oxygen atoms in total. The Bertz CT molecular complexity index is 515. The van der Waals surface area contributed by atoms with Crippen LogP contribution in [-0.2, 0) is 0 Å². The minimum Gasteiger partial charge on any atom is -0.230 e. The average molecular weight is 249 g/mol. The smallest absolute Gasteiger partial charge is 0.125 e.